The van der Waals surface area contributed by atoms with Crippen molar-refractivity contribution in [2.75, 3.05) is 20.6 Å². The molecule has 2 rings (SSSR count). The summed E-state index contributed by atoms with van der Waals surface area (Å²) in [5.41, 5.74) is -0.392. The zero-order valence-electron chi connectivity index (χ0n) is 32.0. The maximum Gasteiger partial charge on any atom is 0.306 e. The topological polar surface area (TPSA) is 147 Å². The molecule has 0 saturated carbocycles. The number of benzene rings is 1. The van der Waals surface area contributed by atoms with Crippen LogP contribution in [0.2, 0.25) is 0 Å². The second-order valence-electron chi connectivity index (χ2n) is 16.4. The van der Waals surface area contributed by atoms with Crippen molar-refractivity contribution in [1.29, 1.82) is 0 Å². The molecule has 278 valence electrons. The molecule has 1 saturated heterocycles. The minimum Gasteiger partial charge on any atom is -0.463 e. The van der Waals surface area contributed by atoms with E-state index < -0.39 is 52.8 Å². The molecule has 1 aromatic carbocycles. The van der Waals surface area contributed by atoms with Crippen LogP contribution in [0.25, 0.3) is 0 Å². The highest BCUT2D eigenvalue weighted by atomic mass is 16.5. The fourth-order valence-electron chi connectivity index (χ4n) is 6.46. The molecule has 1 heterocycles. The number of hydrogen-bond donors (Lipinski definition) is 1. The maximum absolute atomic E-state index is 14.1. The summed E-state index contributed by atoms with van der Waals surface area (Å²) < 4.78 is 5.35. The summed E-state index contributed by atoms with van der Waals surface area (Å²) in [5, 5.41) is 2.69. The molecule has 1 aliphatic rings. The van der Waals surface area contributed by atoms with Gasteiger partial charge in [-0.05, 0) is 49.0 Å². The van der Waals surface area contributed by atoms with Gasteiger partial charge in [-0.15, -0.1) is 0 Å². The van der Waals surface area contributed by atoms with Crippen LogP contribution in [-0.4, -0.2) is 83.6 Å². The van der Waals surface area contributed by atoms with Crippen molar-refractivity contribution >= 4 is 41.0 Å². The lowest BCUT2D eigenvalue weighted by atomic mass is 9.77. The van der Waals surface area contributed by atoms with Crippen LogP contribution < -0.4 is 5.32 Å². The van der Waals surface area contributed by atoms with Crippen molar-refractivity contribution in [3.05, 3.63) is 35.9 Å². The van der Waals surface area contributed by atoms with Crippen molar-refractivity contribution in [1.82, 2.24) is 15.1 Å². The fraction of sp³-hybridized carbons (Fsp3) is 0.667. The Morgan fingerprint density at radius 1 is 0.940 bits per heavy atom. The number of nitrogens with zero attached hydrogens (tertiary/aromatic N) is 2. The number of hydrogen-bond acceptors (Lipinski definition) is 8. The minimum absolute atomic E-state index is 0.00785. The van der Waals surface area contributed by atoms with Gasteiger partial charge in [-0.1, -0.05) is 78.8 Å². The summed E-state index contributed by atoms with van der Waals surface area (Å²) in [7, 11) is 3.16. The van der Waals surface area contributed by atoms with Gasteiger partial charge in [-0.2, -0.15) is 0 Å². The van der Waals surface area contributed by atoms with E-state index in [1.54, 1.807) is 63.2 Å². The van der Waals surface area contributed by atoms with Crippen LogP contribution in [0.1, 0.15) is 112 Å². The highest BCUT2D eigenvalue weighted by molar-refractivity contribution is 6.38. The van der Waals surface area contributed by atoms with Crippen LogP contribution in [0.5, 0.6) is 0 Å². The average Bonchev–Trinajstić information content (AvgIpc) is 3.34. The standard InChI is InChI=1S/C39H59N3O8/c1-24(2)19-27(35(47)30(43)17-18-32(45)40-34(37(49)41(10)11)26-15-13-12-14-16-26)20-31(44)29-22-39(8,9)23-42(29)36(48)28(38(5,6)7)21-33(46)50-25(3)4/h12-16,24-25,27-29,34H,17-23H2,1-11H3,(H,40,45)/t27?,28-,29+,34?/m1/s1. The predicted octanol–water partition coefficient (Wildman–Crippen LogP) is 5.10. The van der Waals surface area contributed by atoms with Gasteiger partial charge in [-0.3, -0.25) is 33.6 Å². The van der Waals surface area contributed by atoms with E-state index in [0.29, 0.717) is 18.5 Å². The quantitative estimate of drug-likeness (QED) is 0.175. The zero-order valence-corrected chi connectivity index (χ0v) is 32.0. The number of carbonyl (C=O) groups excluding carboxylic acids is 7. The van der Waals surface area contributed by atoms with Crippen molar-refractivity contribution in [2.45, 2.75) is 119 Å². The van der Waals surface area contributed by atoms with E-state index in [1.807, 2.05) is 48.5 Å². The first-order valence-corrected chi connectivity index (χ1v) is 17.7. The van der Waals surface area contributed by atoms with Gasteiger partial charge in [0.15, 0.2) is 11.6 Å². The van der Waals surface area contributed by atoms with E-state index in [-0.39, 0.29) is 67.1 Å². The predicted molar refractivity (Wildman–Crippen MR) is 191 cm³/mol. The Morgan fingerprint density at radius 2 is 1.54 bits per heavy atom. The lowest BCUT2D eigenvalue weighted by Crippen LogP contribution is -2.48. The van der Waals surface area contributed by atoms with Crippen molar-refractivity contribution in [2.24, 2.45) is 28.6 Å². The molecule has 0 spiro atoms. The third kappa shape index (κ3) is 12.5. The number of esters is 1. The summed E-state index contributed by atoms with van der Waals surface area (Å²) >= 11 is 0. The summed E-state index contributed by atoms with van der Waals surface area (Å²) in [4.78, 5) is 96.2. The Bertz CT molecular complexity index is 1390. The third-order valence-electron chi connectivity index (χ3n) is 9.01. The number of rotatable bonds is 17. The Kier molecular flexibility index (Phi) is 15.1. The van der Waals surface area contributed by atoms with Crippen molar-refractivity contribution in [3.63, 3.8) is 0 Å². The van der Waals surface area contributed by atoms with Crippen LogP contribution in [0.3, 0.4) is 0 Å². The molecule has 0 aliphatic carbocycles. The molecule has 0 bridgehead atoms. The van der Waals surface area contributed by atoms with Crippen LogP contribution >= 0.6 is 0 Å². The van der Waals surface area contributed by atoms with Gasteiger partial charge in [0.25, 0.3) is 0 Å². The lowest BCUT2D eigenvalue weighted by Gasteiger charge is -2.35. The van der Waals surface area contributed by atoms with Gasteiger partial charge in [0.05, 0.1) is 24.5 Å². The van der Waals surface area contributed by atoms with Gasteiger partial charge >= 0.3 is 5.97 Å². The number of Topliss-reactive ketones (excluding diaryl/α,β-unsaturated/α-hetero) is 3. The second-order valence-corrected chi connectivity index (χ2v) is 16.4. The highest BCUT2D eigenvalue weighted by Crippen LogP contribution is 2.40. The number of ketones is 3. The smallest absolute Gasteiger partial charge is 0.306 e. The monoisotopic (exact) mass is 697 g/mol. The minimum atomic E-state index is -0.948. The molecule has 4 atom stereocenters. The average molecular weight is 698 g/mol. The normalized spacial score (nSPS) is 17.5. The zero-order chi connectivity index (χ0) is 38.1. The van der Waals surface area contributed by atoms with Crippen LogP contribution in [0.4, 0.5) is 0 Å². The van der Waals surface area contributed by atoms with E-state index in [1.165, 1.54) is 4.90 Å². The van der Waals surface area contributed by atoms with Crippen LogP contribution in [0, 0.1) is 28.6 Å². The second kappa shape index (κ2) is 17.9. The molecule has 1 N–H and O–H groups in total. The molecule has 2 unspecified atom stereocenters. The molecule has 50 heavy (non-hydrogen) atoms. The Morgan fingerprint density at radius 3 is 2.06 bits per heavy atom. The van der Waals surface area contributed by atoms with Gasteiger partial charge in [0, 0.05) is 45.8 Å². The maximum atomic E-state index is 14.1. The van der Waals surface area contributed by atoms with Crippen molar-refractivity contribution in [3.8, 4) is 0 Å². The molecule has 11 nitrogen and oxygen atoms in total. The molecule has 1 aliphatic heterocycles. The van der Waals surface area contributed by atoms with Gasteiger partial charge < -0.3 is 19.9 Å². The van der Waals surface area contributed by atoms with E-state index in [9.17, 15) is 33.6 Å². The fourth-order valence-corrected chi connectivity index (χ4v) is 6.46. The number of carbonyl (C=O) groups is 7. The summed E-state index contributed by atoms with van der Waals surface area (Å²) in [6.45, 7) is 17.2. The van der Waals surface area contributed by atoms with Gasteiger partial charge in [0.1, 0.15) is 6.04 Å². The SMILES string of the molecule is CC(C)CC(CC(=O)[C@@H]1CC(C)(C)CN1C(=O)[C@@H](CC(=O)OC(C)C)C(C)(C)C)C(=O)C(=O)CCC(=O)NC(C(=O)N(C)C)c1ccccc1. The molecular weight excluding hydrogens is 638 g/mol. The number of likely N-dealkylation sites (N-methyl/N-ethyl adjacent to an activating group) is 1. The summed E-state index contributed by atoms with van der Waals surface area (Å²) in [6, 6.07) is 6.99. The number of nitrogens with one attached hydrogen (secondary N) is 1. The van der Waals surface area contributed by atoms with Crippen LogP contribution in [0.15, 0.2) is 30.3 Å². The lowest BCUT2D eigenvalue weighted by molar-refractivity contribution is -0.155. The molecule has 0 radical (unpaired) electrons. The first-order valence-electron chi connectivity index (χ1n) is 17.7. The summed E-state index contributed by atoms with van der Waals surface area (Å²) in [5.74, 6) is -5.12. The first kappa shape index (κ1) is 42.3. The largest absolute Gasteiger partial charge is 0.463 e. The molecule has 3 amide bonds. The number of likely N-dealkylation sites (tertiary alicyclic amines) is 1. The van der Waals surface area contributed by atoms with E-state index in [4.69, 9.17) is 4.74 Å². The van der Waals surface area contributed by atoms with Crippen LogP contribution in [-0.2, 0) is 38.3 Å². The number of amides is 3. The Labute approximate surface area is 298 Å². The van der Waals surface area contributed by atoms with Gasteiger partial charge in [0.2, 0.25) is 23.5 Å². The third-order valence-corrected chi connectivity index (χ3v) is 9.01. The molecule has 11 heteroatoms. The molecular formula is C39H59N3O8. The van der Waals surface area contributed by atoms with Gasteiger partial charge in [-0.25, -0.2) is 0 Å². The molecule has 1 fully saturated rings. The van der Waals surface area contributed by atoms with Crippen molar-refractivity contribution < 1.29 is 38.3 Å². The Balaban J connectivity index is 2.21. The van der Waals surface area contributed by atoms with E-state index in [2.05, 4.69) is 5.32 Å². The highest BCUT2D eigenvalue weighted by Gasteiger charge is 2.48. The number of ether oxygens (including phenoxy) is 1. The first-order chi connectivity index (χ1) is 23.0. The molecule has 0 aromatic heterocycles. The molecule has 1 aromatic rings. The summed E-state index contributed by atoms with van der Waals surface area (Å²) in [6.07, 6.45) is -0.673. The Hall–Kier alpha value is -3.89. The van der Waals surface area contributed by atoms with E-state index >= 15 is 0 Å². The van der Waals surface area contributed by atoms with E-state index in [0.717, 1.165) is 0 Å².